The fourth-order valence-electron chi connectivity index (χ4n) is 1.89. The second kappa shape index (κ2) is 8.38. The third-order valence-corrected chi connectivity index (χ3v) is 3.36. The molecule has 2 rings (SSSR count). The fourth-order valence-corrected chi connectivity index (χ4v) is 1.89. The first-order chi connectivity index (χ1) is 12.4. The number of amides is 1. The number of anilines is 2. The Bertz CT molecular complexity index is 844. The van der Waals surface area contributed by atoms with Crippen molar-refractivity contribution in [1.29, 1.82) is 0 Å². The summed E-state index contributed by atoms with van der Waals surface area (Å²) in [5.74, 6) is -0.360. The number of hydrazone groups is 2. The molecule has 0 aliphatic heterocycles. The molecule has 0 fully saturated rings. The number of carbonyl (C=O) groups is 1. The van der Waals surface area contributed by atoms with Crippen molar-refractivity contribution in [2.75, 3.05) is 17.8 Å². The van der Waals surface area contributed by atoms with Crippen molar-refractivity contribution in [3.8, 4) is 0 Å². The van der Waals surface area contributed by atoms with Gasteiger partial charge < -0.3 is 5.73 Å². The fraction of sp³-hybridized carbons (Fsp3) is 0.118. The third kappa shape index (κ3) is 5.13. The van der Waals surface area contributed by atoms with E-state index in [0.29, 0.717) is 22.6 Å². The van der Waals surface area contributed by atoms with Crippen molar-refractivity contribution in [3.05, 3.63) is 64.2 Å². The van der Waals surface area contributed by atoms with E-state index in [1.165, 1.54) is 23.4 Å². The van der Waals surface area contributed by atoms with Crippen molar-refractivity contribution in [3.63, 3.8) is 0 Å². The molecule has 0 saturated heterocycles. The summed E-state index contributed by atoms with van der Waals surface area (Å²) in [6.45, 7) is 1.68. The van der Waals surface area contributed by atoms with Gasteiger partial charge in [-0.25, -0.2) is 5.43 Å². The van der Waals surface area contributed by atoms with Crippen molar-refractivity contribution in [1.82, 2.24) is 5.43 Å². The van der Waals surface area contributed by atoms with Crippen LogP contribution < -0.4 is 16.2 Å². The highest BCUT2D eigenvalue weighted by Crippen LogP contribution is 2.18. The molecule has 0 spiro atoms. The van der Waals surface area contributed by atoms with Crippen molar-refractivity contribution >= 4 is 34.9 Å². The maximum absolute atomic E-state index is 11.9. The highest BCUT2D eigenvalue weighted by atomic mass is 16.6. The minimum atomic E-state index is -0.465. The molecule has 0 bridgehead atoms. The summed E-state index contributed by atoms with van der Waals surface area (Å²) in [6.07, 6.45) is 1.46. The summed E-state index contributed by atoms with van der Waals surface area (Å²) < 4.78 is 0. The largest absolute Gasteiger partial charge is 0.399 e. The van der Waals surface area contributed by atoms with E-state index in [1.807, 2.05) is 0 Å². The first-order valence-corrected chi connectivity index (χ1v) is 7.59. The molecule has 1 amide bonds. The standard InChI is InChI=1S/C17H18N6O3/c1-12(20-21-17(24)13-3-5-14(18)6-4-13)11-19-22(2)15-7-9-16(10-8-15)23(25)26/h3-11H,18H2,1-2H3,(H,21,24)/b19-11+,20-12+. The lowest BCUT2D eigenvalue weighted by molar-refractivity contribution is -0.384. The van der Waals surface area contributed by atoms with Crippen LogP contribution in [-0.4, -0.2) is 29.8 Å². The monoisotopic (exact) mass is 354 g/mol. The highest BCUT2D eigenvalue weighted by Gasteiger charge is 2.06. The number of nitro benzene ring substituents is 1. The van der Waals surface area contributed by atoms with Crippen LogP contribution in [0.25, 0.3) is 0 Å². The Morgan fingerprint density at radius 2 is 1.81 bits per heavy atom. The maximum Gasteiger partial charge on any atom is 0.271 e. The zero-order valence-electron chi connectivity index (χ0n) is 14.3. The number of nitro groups is 1. The number of benzene rings is 2. The zero-order chi connectivity index (χ0) is 19.1. The Labute approximate surface area is 150 Å². The first-order valence-electron chi connectivity index (χ1n) is 7.59. The third-order valence-electron chi connectivity index (χ3n) is 3.36. The number of nitrogens with one attached hydrogen (secondary N) is 1. The van der Waals surface area contributed by atoms with Crippen LogP contribution in [0.4, 0.5) is 17.1 Å². The van der Waals surface area contributed by atoms with E-state index >= 15 is 0 Å². The number of hydrogen-bond acceptors (Lipinski definition) is 7. The van der Waals surface area contributed by atoms with Gasteiger partial charge in [0.2, 0.25) is 0 Å². The van der Waals surface area contributed by atoms with E-state index in [1.54, 1.807) is 50.4 Å². The number of rotatable bonds is 6. The molecule has 0 atom stereocenters. The van der Waals surface area contributed by atoms with Crippen LogP contribution in [0.2, 0.25) is 0 Å². The van der Waals surface area contributed by atoms with Gasteiger partial charge in [-0.1, -0.05) is 0 Å². The van der Waals surface area contributed by atoms with Gasteiger partial charge in [-0.3, -0.25) is 19.9 Å². The SMILES string of the molecule is CC(/C=N/N(C)c1ccc([N+](=O)[O-])cc1)=N\NC(=O)c1ccc(N)cc1. The molecule has 2 aromatic carbocycles. The van der Waals surface area contributed by atoms with E-state index in [-0.39, 0.29) is 11.6 Å². The van der Waals surface area contributed by atoms with Crippen LogP contribution in [0.3, 0.4) is 0 Å². The number of carbonyl (C=O) groups excluding carboxylic acids is 1. The molecular weight excluding hydrogens is 336 g/mol. The molecule has 0 radical (unpaired) electrons. The van der Waals surface area contributed by atoms with Crippen LogP contribution in [0.5, 0.6) is 0 Å². The summed E-state index contributed by atoms with van der Waals surface area (Å²) in [4.78, 5) is 22.1. The predicted molar refractivity (Wildman–Crippen MR) is 101 cm³/mol. The molecule has 2 aromatic rings. The number of nitrogen functional groups attached to an aromatic ring is 1. The van der Waals surface area contributed by atoms with Crippen molar-refractivity contribution < 1.29 is 9.72 Å². The smallest absolute Gasteiger partial charge is 0.271 e. The molecule has 9 heteroatoms. The van der Waals surface area contributed by atoms with Gasteiger partial charge in [0.05, 0.1) is 22.5 Å². The molecule has 0 aromatic heterocycles. The van der Waals surface area contributed by atoms with Gasteiger partial charge in [0.1, 0.15) is 0 Å². The molecule has 0 aliphatic rings. The Hall–Kier alpha value is -3.75. The van der Waals surface area contributed by atoms with Crippen LogP contribution in [0.15, 0.2) is 58.7 Å². The summed E-state index contributed by atoms with van der Waals surface area (Å²) in [7, 11) is 1.69. The molecular formula is C17H18N6O3. The number of non-ortho nitro benzene ring substituents is 1. The van der Waals surface area contributed by atoms with Gasteiger partial charge in [0, 0.05) is 30.4 Å². The summed E-state index contributed by atoms with van der Waals surface area (Å²) in [5, 5.41) is 20.3. The topological polar surface area (TPSA) is 126 Å². The van der Waals surface area contributed by atoms with E-state index in [4.69, 9.17) is 5.73 Å². The van der Waals surface area contributed by atoms with E-state index < -0.39 is 4.92 Å². The van der Waals surface area contributed by atoms with Crippen LogP contribution in [0.1, 0.15) is 17.3 Å². The lowest BCUT2D eigenvalue weighted by atomic mass is 10.2. The zero-order valence-corrected chi connectivity index (χ0v) is 14.3. The molecule has 0 heterocycles. The lowest BCUT2D eigenvalue weighted by Crippen LogP contribution is -2.19. The van der Waals surface area contributed by atoms with Gasteiger partial charge in [0.15, 0.2) is 0 Å². The molecule has 26 heavy (non-hydrogen) atoms. The number of nitrogens with two attached hydrogens (primary N) is 1. The average Bonchev–Trinajstić information content (AvgIpc) is 2.64. The quantitative estimate of drug-likeness (QED) is 0.356. The maximum atomic E-state index is 11.9. The Morgan fingerprint density at radius 1 is 1.19 bits per heavy atom. The van der Waals surface area contributed by atoms with E-state index in [2.05, 4.69) is 15.6 Å². The van der Waals surface area contributed by atoms with Crippen LogP contribution in [-0.2, 0) is 0 Å². The minimum Gasteiger partial charge on any atom is -0.399 e. The average molecular weight is 354 g/mol. The van der Waals surface area contributed by atoms with Gasteiger partial charge in [-0.05, 0) is 43.3 Å². The molecule has 0 unspecified atom stereocenters. The van der Waals surface area contributed by atoms with E-state index in [0.717, 1.165) is 0 Å². The van der Waals surface area contributed by atoms with E-state index in [9.17, 15) is 14.9 Å². The Morgan fingerprint density at radius 3 is 2.38 bits per heavy atom. The van der Waals surface area contributed by atoms with Crippen molar-refractivity contribution in [2.45, 2.75) is 6.92 Å². The van der Waals surface area contributed by atoms with Gasteiger partial charge in [-0.15, -0.1) is 0 Å². The molecule has 0 saturated carbocycles. The number of nitrogens with zero attached hydrogens (tertiary/aromatic N) is 4. The molecule has 9 nitrogen and oxygen atoms in total. The second-order valence-electron chi connectivity index (χ2n) is 5.36. The molecule has 3 N–H and O–H groups in total. The Kier molecular flexibility index (Phi) is 5.99. The van der Waals surface area contributed by atoms with Gasteiger partial charge >= 0.3 is 0 Å². The van der Waals surface area contributed by atoms with Crippen LogP contribution >= 0.6 is 0 Å². The first kappa shape index (κ1) is 18.6. The Balaban J connectivity index is 1.95. The second-order valence-corrected chi connectivity index (χ2v) is 5.36. The van der Waals surface area contributed by atoms with Gasteiger partial charge in [-0.2, -0.15) is 10.2 Å². The normalized spacial score (nSPS) is 11.4. The molecule has 0 aliphatic carbocycles. The summed E-state index contributed by atoms with van der Waals surface area (Å²) >= 11 is 0. The summed E-state index contributed by atoms with van der Waals surface area (Å²) in [6, 6.07) is 12.4. The van der Waals surface area contributed by atoms with Crippen LogP contribution in [0, 0.1) is 10.1 Å². The highest BCUT2D eigenvalue weighted by molar-refractivity contribution is 6.29. The summed E-state index contributed by atoms with van der Waals surface area (Å²) in [5.41, 5.74) is 10.2. The van der Waals surface area contributed by atoms with Gasteiger partial charge in [0.25, 0.3) is 11.6 Å². The lowest BCUT2D eigenvalue weighted by Gasteiger charge is -2.12. The molecule has 134 valence electrons. The minimum absolute atomic E-state index is 0.00857. The predicted octanol–water partition coefficient (Wildman–Crippen LogP) is 2.40. The number of hydrogen-bond donors (Lipinski definition) is 2. The van der Waals surface area contributed by atoms with Crippen molar-refractivity contribution in [2.24, 2.45) is 10.2 Å².